The zero-order valence-corrected chi connectivity index (χ0v) is 12.3. The van der Waals surface area contributed by atoms with Crippen molar-refractivity contribution >= 4 is 10.0 Å². The van der Waals surface area contributed by atoms with Crippen LogP contribution in [0.5, 0.6) is 11.5 Å². The third-order valence-corrected chi connectivity index (χ3v) is 5.45. The van der Waals surface area contributed by atoms with Gasteiger partial charge in [0, 0.05) is 19.2 Å². The maximum Gasteiger partial charge on any atom is 0.247 e. The molecule has 0 aliphatic carbocycles. The van der Waals surface area contributed by atoms with Crippen molar-refractivity contribution in [3.63, 3.8) is 0 Å². The highest BCUT2D eigenvalue weighted by atomic mass is 32.2. The Morgan fingerprint density at radius 1 is 1.00 bits per heavy atom. The molecule has 0 amide bonds. The van der Waals surface area contributed by atoms with Crippen LogP contribution in [0.25, 0.3) is 0 Å². The Labute approximate surface area is 123 Å². The molecule has 6 heteroatoms. The number of hydrogen-bond donors (Lipinski definition) is 2. The topological polar surface area (TPSA) is 77.8 Å². The molecule has 0 atom stereocenters. The largest absolute Gasteiger partial charge is 0.508 e. The van der Waals surface area contributed by atoms with E-state index >= 15 is 0 Å². The van der Waals surface area contributed by atoms with Crippen molar-refractivity contribution in [2.45, 2.75) is 24.9 Å². The summed E-state index contributed by atoms with van der Waals surface area (Å²) in [6.07, 6.45) is 0. The van der Waals surface area contributed by atoms with E-state index in [1.807, 2.05) is 25.1 Å². The lowest BCUT2D eigenvalue weighted by Gasteiger charge is -2.16. The van der Waals surface area contributed by atoms with Gasteiger partial charge in [-0.25, -0.2) is 8.42 Å². The molecular formula is C15H15NO4S. The summed E-state index contributed by atoms with van der Waals surface area (Å²) in [7, 11) is -3.79. The molecule has 1 aliphatic rings. The fourth-order valence-corrected chi connectivity index (χ4v) is 3.98. The van der Waals surface area contributed by atoms with Crippen molar-refractivity contribution in [3.8, 4) is 11.5 Å². The number of fused-ring (bicyclic) bond motifs is 1. The maximum absolute atomic E-state index is 12.6. The van der Waals surface area contributed by atoms with Gasteiger partial charge in [0.15, 0.2) is 0 Å². The molecule has 0 unspecified atom stereocenters. The summed E-state index contributed by atoms with van der Waals surface area (Å²) in [6.45, 7) is 2.54. The fraction of sp³-hybridized carbons (Fsp3) is 0.200. The van der Waals surface area contributed by atoms with E-state index in [0.29, 0.717) is 6.54 Å². The van der Waals surface area contributed by atoms with Crippen molar-refractivity contribution < 1.29 is 18.6 Å². The number of nitrogens with zero attached hydrogens (tertiary/aromatic N) is 1. The fourth-order valence-electron chi connectivity index (χ4n) is 2.52. The number of aromatic hydroxyl groups is 2. The summed E-state index contributed by atoms with van der Waals surface area (Å²) >= 11 is 0. The molecule has 0 saturated carbocycles. The van der Waals surface area contributed by atoms with Crippen LogP contribution >= 0.6 is 0 Å². The minimum absolute atomic E-state index is 0.174. The second kappa shape index (κ2) is 4.75. The van der Waals surface area contributed by atoms with Crippen molar-refractivity contribution in [1.29, 1.82) is 0 Å². The zero-order valence-electron chi connectivity index (χ0n) is 11.4. The van der Waals surface area contributed by atoms with Gasteiger partial charge in [-0.2, -0.15) is 4.31 Å². The summed E-state index contributed by atoms with van der Waals surface area (Å²) < 4.78 is 26.5. The lowest BCUT2D eigenvalue weighted by atomic mass is 10.1. The van der Waals surface area contributed by atoms with Gasteiger partial charge in [0.2, 0.25) is 10.0 Å². The van der Waals surface area contributed by atoms with Crippen molar-refractivity contribution in [1.82, 2.24) is 4.31 Å². The number of aryl methyl sites for hydroxylation is 1. The molecule has 0 radical (unpaired) electrons. The molecular weight excluding hydrogens is 290 g/mol. The lowest BCUT2D eigenvalue weighted by molar-refractivity contribution is 0.415. The molecule has 21 heavy (non-hydrogen) atoms. The Morgan fingerprint density at radius 3 is 2.43 bits per heavy atom. The van der Waals surface area contributed by atoms with Gasteiger partial charge in [-0.1, -0.05) is 23.8 Å². The number of phenols is 2. The second-order valence-electron chi connectivity index (χ2n) is 5.20. The van der Waals surface area contributed by atoms with Crippen LogP contribution in [0.1, 0.15) is 16.7 Å². The Kier molecular flexibility index (Phi) is 3.15. The molecule has 0 spiro atoms. The first-order valence-electron chi connectivity index (χ1n) is 6.48. The molecule has 0 bridgehead atoms. The summed E-state index contributed by atoms with van der Waals surface area (Å²) in [5.74, 6) is -0.617. The van der Waals surface area contributed by atoms with E-state index in [2.05, 4.69) is 0 Å². The van der Waals surface area contributed by atoms with Gasteiger partial charge in [-0.15, -0.1) is 0 Å². The summed E-state index contributed by atoms with van der Waals surface area (Å²) in [5.41, 5.74) is 3.04. The highest BCUT2D eigenvalue weighted by Gasteiger charge is 2.32. The monoisotopic (exact) mass is 305 g/mol. The first kappa shape index (κ1) is 13.9. The third-order valence-electron chi connectivity index (χ3n) is 3.62. The minimum Gasteiger partial charge on any atom is -0.508 e. The second-order valence-corrected chi connectivity index (χ2v) is 7.10. The Hall–Kier alpha value is -2.05. The van der Waals surface area contributed by atoms with Crippen LogP contribution in [-0.4, -0.2) is 22.9 Å². The number of phenolic OH excluding ortho intramolecular Hbond substituents is 2. The van der Waals surface area contributed by atoms with Crippen LogP contribution in [0.15, 0.2) is 41.3 Å². The SMILES string of the molecule is Cc1ccc2c(c1)CN(S(=O)(=O)c1ccc(O)cc1O)C2. The maximum atomic E-state index is 12.6. The predicted molar refractivity (Wildman–Crippen MR) is 77.4 cm³/mol. The van der Waals surface area contributed by atoms with E-state index < -0.39 is 15.8 Å². The van der Waals surface area contributed by atoms with Crippen LogP contribution in [0.3, 0.4) is 0 Å². The van der Waals surface area contributed by atoms with Crippen LogP contribution in [0.4, 0.5) is 0 Å². The standard InChI is InChI=1S/C15H15NO4S/c1-10-2-3-11-8-16(9-12(11)6-10)21(19,20)15-5-4-13(17)7-14(15)18/h2-7,17-18H,8-9H2,1H3. The van der Waals surface area contributed by atoms with Gasteiger partial charge >= 0.3 is 0 Å². The average Bonchev–Trinajstić information content (AvgIpc) is 2.81. The smallest absolute Gasteiger partial charge is 0.247 e. The van der Waals surface area contributed by atoms with E-state index in [9.17, 15) is 18.6 Å². The third kappa shape index (κ3) is 2.36. The quantitative estimate of drug-likeness (QED) is 0.891. The number of hydrogen-bond acceptors (Lipinski definition) is 4. The van der Waals surface area contributed by atoms with Crippen molar-refractivity contribution in [3.05, 3.63) is 53.1 Å². The molecule has 1 heterocycles. The van der Waals surface area contributed by atoms with Gasteiger partial charge in [-0.3, -0.25) is 0 Å². The van der Waals surface area contributed by atoms with E-state index in [-0.39, 0.29) is 17.2 Å². The molecule has 3 rings (SSSR count). The first-order valence-corrected chi connectivity index (χ1v) is 7.92. The number of rotatable bonds is 2. The van der Waals surface area contributed by atoms with E-state index in [1.54, 1.807) is 0 Å². The van der Waals surface area contributed by atoms with Crippen LogP contribution < -0.4 is 0 Å². The number of benzene rings is 2. The molecule has 110 valence electrons. The highest BCUT2D eigenvalue weighted by molar-refractivity contribution is 7.89. The zero-order chi connectivity index (χ0) is 15.2. The normalized spacial score (nSPS) is 15.1. The lowest BCUT2D eigenvalue weighted by Crippen LogP contribution is -2.25. The van der Waals surface area contributed by atoms with Crippen LogP contribution in [-0.2, 0) is 23.1 Å². The summed E-state index contributed by atoms with van der Waals surface area (Å²) in [4.78, 5) is -0.190. The van der Waals surface area contributed by atoms with E-state index in [0.717, 1.165) is 22.8 Å². The van der Waals surface area contributed by atoms with Crippen molar-refractivity contribution in [2.24, 2.45) is 0 Å². The molecule has 0 saturated heterocycles. The van der Waals surface area contributed by atoms with Gasteiger partial charge < -0.3 is 10.2 Å². The molecule has 2 aromatic carbocycles. The summed E-state index contributed by atoms with van der Waals surface area (Å²) in [5, 5.41) is 19.1. The molecule has 2 N–H and O–H groups in total. The molecule has 2 aromatic rings. The first-order chi connectivity index (χ1) is 9.88. The van der Waals surface area contributed by atoms with Gasteiger partial charge in [0.05, 0.1) is 0 Å². The Balaban J connectivity index is 1.98. The highest BCUT2D eigenvalue weighted by Crippen LogP contribution is 2.34. The molecule has 0 fully saturated rings. The van der Waals surface area contributed by atoms with Crippen LogP contribution in [0, 0.1) is 6.92 Å². The van der Waals surface area contributed by atoms with Crippen LogP contribution in [0.2, 0.25) is 0 Å². The van der Waals surface area contributed by atoms with Gasteiger partial charge in [0.25, 0.3) is 0 Å². The molecule has 0 aromatic heterocycles. The predicted octanol–water partition coefficient (Wildman–Crippen LogP) is 2.11. The van der Waals surface area contributed by atoms with Gasteiger partial charge in [-0.05, 0) is 30.2 Å². The molecule has 5 nitrogen and oxygen atoms in total. The number of sulfonamides is 1. The minimum atomic E-state index is -3.79. The Bertz CT molecular complexity index is 814. The average molecular weight is 305 g/mol. The van der Waals surface area contributed by atoms with Gasteiger partial charge in [0.1, 0.15) is 16.4 Å². The van der Waals surface area contributed by atoms with E-state index in [4.69, 9.17) is 0 Å². The van der Waals surface area contributed by atoms with E-state index in [1.165, 1.54) is 16.4 Å². The summed E-state index contributed by atoms with van der Waals surface area (Å²) in [6, 6.07) is 9.35. The molecule has 1 aliphatic heterocycles. The Morgan fingerprint density at radius 2 is 1.71 bits per heavy atom. The van der Waals surface area contributed by atoms with Crippen molar-refractivity contribution in [2.75, 3.05) is 0 Å².